The van der Waals surface area contributed by atoms with Gasteiger partial charge in [0.05, 0.1) is 0 Å². The number of hydrogen-bond acceptors (Lipinski definition) is 5. The van der Waals surface area contributed by atoms with Crippen LogP contribution in [-0.4, -0.2) is 8.42 Å². The molecular weight excluding hydrogens is 376 g/mol. The summed E-state index contributed by atoms with van der Waals surface area (Å²) < 4.78 is 42.6. The molecule has 5 nitrogen and oxygen atoms in total. The van der Waals surface area contributed by atoms with Crippen molar-refractivity contribution in [2.75, 3.05) is 0 Å². The van der Waals surface area contributed by atoms with E-state index < -0.39 is 15.9 Å². The van der Waals surface area contributed by atoms with E-state index in [-0.39, 0.29) is 16.8 Å². The summed E-state index contributed by atoms with van der Waals surface area (Å²) in [5, 5.41) is 0. The van der Waals surface area contributed by atoms with Crippen molar-refractivity contribution in [3.05, 3.63) is 77.9 Å². The predicted molar refractivity (Wildman–Crippen MR) is 104 cm³/mol. The van der Waals surface area contributed by atoms with Gasteiger partial charge in [-0.25, -0.2) is 0 Å². The van der Waals surface area contributed by atoms with Crippen molar-refractivity contribution in [3.8, 4) is 0 Å². The van der Waals surface area contributed by atoms with Crippen molar-refractivity contribution in [1.29, 1.82) is 0 Å². The smallest absolute Gasteiger partial charge is 0.341 e. The monoisotopic (exact) mass is 400 g/mol. The Labute approximate surface area is 166 Å². The fourth-order valence-corrected chi connectivity index (χ4v) is 4.78. The summed E-state index contributed by atoms with van der Waals surface area (Å²) in [5.41, 5.74) is 1.84. The third kappa shape index (κ3) is 3.61. The van der Waals surface area contributed by atoms with Crippen LogP contribution in [0.1, 0.15) is 43.2 Å². The minimum absolute atomic E-state index is 0.0810. The first-order valence-electron chi connectivity index (χ1n) is 9.63. The molecule has 1 aliphatic heterocycles. The van der Waals surface area contributed by atoms with Crippen LogP contribution >= 0.6 is 0 Å². The second kappa shape index (κ2) is 7.51. The lowest BCUT2D eigenvalue weighted by Crippen LogP contribution is -2.38. The van der Waals surface area contributed by atoms with Crippen molar-refractivity contribution >= 4 is 10.1 Å². The Kier molecular flexibility index (Phi) is 5.06. The highest BCUT2D eigenvalue weighted by molar-refractivity contribution is 7.86. The van der Waals surface area contributed by atoms with Gasteiger partial charge in [0.1, 0.15) is 4.90 Å². The predicted octanol–water partition coefficient (Wildman–Crippen LogP) is 4.98. The molecule has 1 saturated carbocycles. The molecule has 1 fully saturated rings. The van der Waals surface area contributed by atoms with Gasteiger partial charge in [-0.15, -0.1) is 0 Å². The second-order valence-corrected chi connectivity index (χ2v) is 8.92. The molecule has 0 N–H and O–H groups in total. The summed E-state index contributed by atoms with van der Waals surface area (Å²) in [6, 6.07) is 16.2. The summed E-state index contributed by atoms with van der Waals surface area (Å²) in [6.45, 7) is 1.89. The number of rotatable bonds is 5. The van der Waals surface area contributed by atoms with Crippen molar-refractivity contribution in [3.63, 3.8) is 0 Å². The number of ether oxygens (including phenoxy) is 2. The highest BCUT2D eigenvalue weighted by Crippen LogP contribution is 2.47. The summed E-state index contributed by atoms with van der Waals surface area (Å²) in [6.07, 6.45) is 6.60. The molecule has 0 saturated heterocycles. The Morgan fingerprint density at radius 1 is 0.964 bits per heavy atom. The van der Waals surface area contributed by atoms with Crippen molar-refractivity contribution in [2.24, 2.45) is 5.92 Å². The van der Waals surface area contributed by atoms with E-state index in [4.69, 9.17) is 13.7 Å². The van der Waals surface area contributed by atoms with E-state index >= 15 is 0 Å². The molecule has 2 aliphatic rings. The maximum Gasteiger partial charge on any atom is 0.341 e. The Balaban J connectivity index is 1.59. The third-order valence-electron chi connectivity index (χ3n) is 5.40. The van der Waals surface area contributed by atoms with Crippen molar-refractivity contribution in [2.45, 2.75) is 49.7 Å². The normalized spacial score (nSPS) is 22.8. The van der Waals surface area contributed by atoms with Crippen LogP contribution in [0.2, 0.25) is 0 Å². The van der Waals surface area contributed by atoms with Gasteiger partial charge >= 0.3 is 16.1 Å². The quantitative estimate of drug-likeness (QED) is 0.663. The zero-order valence-electron chi connectivity index (χ0n) is 15.8. The fourth-order valence-electron chi connectivity index (χ4n) is 3.93. The van der Waals surface area contributed by atoms with Crippen LogP contribution in [0.3, 0.4) is 0 Å². The first-order valence-corrected chi connectivity index (χ1v) is 11.0. The van der Waals surface area contributed by atoms with Crippen LogP contribution in [0.5, 0.6) is 0 Å². The van der Waals surface area contributed by atoms with Gasteiger partial charge in [0.25, 0.3) is 5.79 Å². The molecule has 0 bridgehead atoms. The maximum atomic E-state index is 12.6. The second-order valence-electron chi connectivity index (χ2n) is 7.38. The van der Waals surface area contributed by atoms with Crippen molar-refractivity contribution in [1.82, 2.24) is 0 Å². The molecular formula is C22H24O5S. The first kappa shape index (κ1) is 18.9. The molecule has 6 heteroatoms. The van der Waals surface area contributed by atoms with E-state index in [1.807, 2.05) is 37.3 Å². The molecule has 0 amide bonds. The van der Waals surface area contributed by atoms with Gasteiger partial charge in [-0.1, -0.05) is 67.3 Å². The molecule has 1 aliphatic carbocycles. The summed E-state index contributed by atoms with van der Waals surface area (Å²) in [5.74, 6) is -1.04. The zero-order chi connectivity index (χ0) is 19.6. The number of benzene rings is 2. The Morgan fingerprint density at radius 2 is 1.64 bits per heavy atom. The van der Waals surface area contributed by atoms with Gasteiger partial charge in [0, 0.05) is 11.5 Å². The van der Waals surface area contributed by atoms with Gasteiger partial charge in [-0.2, -0.15) is 8.42 Å². The van der Waals surface area contributed by atoms with Crippen LogP contribution in [0.15, 0.2) is 71.7 Å². The van der Waals surface area contributed by atoms with Gasteiger partial charge in [0.15, 0.2) is 6.26 Å². The Bertz CT molecular complexity index is 944. The minimum atomic E-state index is -4.00. The topological polar surface area (TPSA) is 61.8 Å². The van der Waals surface area contributed by atoms with Crippen LogP contribution < -0.4 is 0 Å². The van der Waals surface area contributed by atoms with Crippen LogP contribution in [0.4, 0.5) is 0 Å². The average Bonchev–Trinajstić information content (AvgIpc) is 3.14. The highest BCUT2D eigenvalue weighted by atomic mass is 32.2. The van der Waals surface area contributed by atoms with Gasteiger partial charge in [0.2, 0.25) is 0 Å². The summed E-state index contributed by atoms with van der Waals surface area (Å²) in [7, 11) is -4.00. The molecule has 1 unspecified atom stereocenters. The molecule has 148 valence electrons. The molecule has 0 radical (unpaired) electrons. The molecule has 4 rings (SSSR count). The SMILES string of the molecule is Cc1ccc(S(=O)(=O)OC2=COC(c3ccccc3)(C3CCCCC3)O2)cc1. The van der Waals surface area contributed by atoms with Crippen molar-refractivity contribution < 1.29 is 22.1 Å². The molecule has 0 spiro atoms. The Hall–Kier alpha value is -2.47. The lowest BCUT2D eigenvalue weighted by Gasteiger charge is -2.37. The number of aryl methyl sites for hydroxylation is 1. The molecule has 28 heavy (non-hydrogen) atoms. The van der Waals surface area contributed by atoms with Gasteiger partial charge in [-0.3, -0.25) is 0 Å². The van der Waals surface area contributed by atoms with Crippen LogP contribution in [0, 0.1) is 12.8 Å². The lowest BCUT2D eigenvalue weighted by molar-refractivity contribution is -0.214. The largest absolute Gasteiger partial charge is 0.448 e. The third-order valence-corrected chi connectivity index (χ3v) is 6.64. The van der Waals surface area contributed by atoms with E-state index in [1.165, 1.54) is 24.8 Å². The van der Waals surface area contributed by atoms with Gasteiger partial charge < -0.3 is 13.7 Å². The van der Waals surface area contributed by atoms with E-state index in [0.29, 0.717) is 0 Å². The molecule has 2 aromatic carbocycles. The van der Waals surface area contributed by atoms with E-state index in [0.717, 1.165) is 36.8 Å². The van der Waals surface area contributed by atoms with Crippen LogP contribution in [0.25, 0.3) is 0 Å². The molecule has 2 aromatic rings. The highest BCUT2D eigenvalue weighted by Gasteiger charge is 2.49. The lowest BCUT2D eigenvalue weighted by atomic mass is 9.80. The zero-order valence-corrected chi connectivity index (χ0v) is 16.7. The van der Waals surface area contributed by atoms with Gasteiger partial charge in [-0.05, 0) is 31.9 Å². The molecule has 0 aromatic heterocycles. The van der Waals surface area contributed by atoms with E-state index in [2.05, 4.69) is 0 Å². The maximum absolute atomic E-state index is 12.6. The molecule has 1 heterocycles. The standard InChI is InChI=1S/C22H24O5S/c1-17-12-14-20(15-13-17)28(23,24)27-21-16-25-22(26-21,18-8-4-2-5-9-18)19-10-6-3-7-11-19/h2,4-5,8-9,12-16,19H,3,6-7,10-11H2,1H3. The summed E-state index contributed by atoms with van der Waals surface area (Å²) >= 11 is 0. The minimum Gasteiger partial charge on any atom is -0.448 e. The van der Waals surface area contributed by atoms with E-state index in [1.54, 1.807) is 12.1 Å². The average molecular weight is 400 g/mol. The Morgan fingerprint density at radius 3 is 2.32 bits per heavy atom. The molecule has 1 atom stereocenters. The number of hydrogen-bond donors (Lipinski definition) is 0. The fraction of sp³-hybridized carbons (Fsp3) is 0.364. The van der Waals surface area contributed by atoms with Crippen LogP contribution in [-0.2, 0) is 29.6 Å². The first-order chi connectivity index (χ1) is 13.5. The summed E-state index contributed by atoms with van der Waals surface area (Å²) in [4.78, 5) is 0.0810. The van der Waals surface area contributed by atoms with E-state index in [9.17, 15) is 8.42 Å².